The Labute approximate surface area is 61.9 Å². The first kappa shape index (κ1) is 9.37. The van der Waals surface area contributed by atoms with Crippen molar-refractivity contribution >= 4 is 5.78 Å². The minimum atomic E-state index is 0.0908. The van der Waals surface area contributed by atoms with Crippen LogP contribution in [-0.4, -0.2) is 19.5 Å². The molecule has 10 heavy (non-hydrogen) atoms. The third kappa shape index (κ3) is 4.27. The van der Waals surface area contributed by atoms with E-state index in [1.54, 1.807) is 19.3 Å². The number of methoxy groups -OCH3 is 1. The summed E-state index contributed by atoms with van der Waals surface area (Å²) in [5.41, 5.74) is 0. The number of carbonyl (C=O) groups is 1. The van der Waals surface area contributed by atoms with Crippen LogP contribution in [0.3, 0.4) is 0 Å². The van der Waals surface area contributed by atoms with Gasteiger partial charge in [0.2, 0.25) is 0 Å². The highest BCUT2D eigenvalue weighted by Crippen LogP contribution is 1.94. The minimum absolute atomic E-state index is 0.0908. The number of carbonyl (C=O) groups excluding carboxylic acids is 1. The lowest BCUT2D eigenvalue weighted by atomic mass is 10.1. The molecule has 0 amide bonds. The fourth-order valence-corrected chi connectivity index (χ4v) is 0.453. The van der Waals surface area contributed by atoms with Crippen LogP contribution >= 0.6 is 0 Å². The average molecular weight is 142 g/mol. The molecule has 0 saturated carbocycles. The molecule has 0 bridgehead atoms. The molecular formula is C8H14O2. The molecule has 0 unspecified atom stereocenters. The lowest BCUT2D eigenvalue weighted by molar-refractivity contribution is -0.117. The van der Waals surface area contributed by atoms with Crippen LogP contribution in [0.15, 0.2) is 12.2 Å². The van der Waals surface area contributed by atoms with Crippen LogP contribution in [0.25, 0.3) is 0 Å². The summed E-state index contributed by atoms with van der Waals surface area (Å²) in [6.07, 6.45) is 3.29. The largest absolute Gasteiger partial charge is 0.381 e. The molecule has 0 aromatic rings. The Kier molecular flexibility index (Phi) is 4.85. The minimum Gasteiger partial charge on any atom is -0.381 e. The molecule has 58 valence electrons. The van der Waals surface area contributed by atoms with Gasteiger partial charge in [-0.2, -0.15) is 0 Å². The van der Waals surface area contributed by atoms with Gasteiger partial charge in [-0.1, -0.05) is 19.9 Å². The van der Waals surface area contributed by atoms with Gasteiger partial charge in [0.25, 0.3) is 0 Å². The summed E-state index contributed by atoms with van der Waals surface area (Å²) in [4.78, 5) is 10.9. The number of allylic oxidation sites excluding steroid dienone is 1. The first-order valence-electron chi connectivity index (χ1n) is 3.37. The molecule has 0 aliphatic rings. The van der Waals surface area contributed by atoms with Crippen LogP contribution in [0.5, 0.6) is 0 Å². The number of hydrogen-bond donors (Lipinski definition) is 0. The van der Waals surface area contributed by atoms with E-state index in [1.807, 2.05) is 13.8 Å². The highest BCUT2D eigenvalue weighted by atomic mass is 16.5. The monoisotopic (exact) mass is 142 g/mol. The van der Waals surface area contributed by atoms with Crippen LogP contribution in [-0.2, 0) is 9.53 Å². The van der Waals surface area contributed by atoms with Gasteiger partial charge < -0.3 is 4.74 Å². The summed E-state index contributed by atoms with van der Waals surface area (Å²) >= 11 is 0. The zero-order chi connectivity index (χ0) is 7.98. The van der Waals surface area contributed by atoms with Gasteiger partial charge in [-0.3, -0.25) is 4.79 Å². The van der Waals surface area contributed by atoms with Crippen LogP contribution in [0.2, 0.25) is 0 Å². The molecule has 0 fully saturated rings. The van der Waals surface area contributed by atoms with Crippen molar-refractivity contribution in [2.45, 2.75) is 13.8 Å². The van der Waals surface area contributed by atoms with Crippen LogP contribution in [0.4, 0.5) is 0 Å². The quantitative estimate of drug-likeness (QED) is 0.555. The molecule has 2 heteroatoms. The predicted octanol–water partition coefficient (Wildman–Crippen LogP) is 1.41. The van der Waals surface area contributed by atoms with Gasteiger partial charge in [0.05, 0.1) is 6.61 Å². The second-order valence-corrected chi connectivity index (χ2v) is 2.41. The van der Waals surface area contributed by atoms with E-state index in [0.717, 1.165) is 0 Å². The van der Waals surface area contributed by atoms with Crippen LogP contribution in [0.1, 0.15) is 13.8 Å². The molecule has 0 aliphatic carbocycles. The van der Waals surface area contributed by atoms with Crippen molar-refractivity contribution in [1.82, 2.24) is 0 Å². The fraction of sp³-hybridized carbons (Fsp3) is 0.625. The summed E-state index contributed by atoms with van der Waals surface area (Å²) in [6.45, 7) is 4.26. The van der Waals surface area contributed by atoms with Crippen molar-refractivity contribution in [1.29, 1.82) is 0 Å². The van der Waals surface area contributed by atoms with Gasteiger partial charge in [0.1, 0.15) is 0 Å². The normalized spacial score (nSPS) is 11.2. The average Bonchev–Trinajstić information content (AvgIpc) is 1.88. The molecule has 0 heterocycles. The van der Waals surface area contributed by atoms with Gasteiger partial charge >= 0.3 is 0 Å². The van der Waals surface area contributed by atoms with E-state index in [2.05, 4.69) is 0 Å². The summed E-state index contributed by atoms with van der Waals surface area (Å²) in [6, 6.07) is 0. The number of hydrogen-bond acceptors (Lipinski definition) is 2. The second-order valence-electron chi connectivity index (χ2n) is 2.41. The first-order valence-corrected chi connectivity index (χ1v) is 3.37. The number of ketones is 1. The first-order chi connectivity index (χ1) is 4.68. The second kappa shape index (κ2) is 5.18. The van der Waals surface area contributed by atoms with Crippen LogP contribution < -0.4 is 0 Å². The van der Waals surface area contributed by atoms with E-state index in [1.165, 1.54) is 0 Å². The Morgan fingerprint density at radius 3 is 2.60 bits per heavy atom. The van der Waals surface area contributed by atoms with Crippen molar-refractivity contribution in [3.8, 4) is 0 Å². The fourth-order valence-electron chi connectivity index (χ4n) is 0.453. The van der Waals surface area contributed by atoms with Crippen molar-refractivity contribution in [3.05, 3.63) is 12.2 Å². The Hall–Kier alpha value is -0.630. The van der Waals surface area contributed by atoms with E-state index in [4.69, 9.17) is 4.74 Å². The summed E-state index contributed by atoms with van der Waals surface area (Å²) < 4.78 is 4.73. The lowest BCUT2D eigenvalue weighted by Gasteiger charge is -1.95. The molecule has 0 radical (unpaired) electrons. The summed E-state index contributed by atoms with van der Waals surface area (Å²) in [5, 5.41) is 0. The molecule has 0 aliphatic heterocycles. The van der Waals surface area contributed by atoms with E-state index >= 15 is 0 Å². The molecule has 0 saturated heterocycles. The van der Waals surface area contributed by atoms with Crippen molar-refractivity contribution < 1.29 is 9.53 Å². The lowest BCUT2D eigenvalue weighted by Crippen LogP contribution is -2.02. The Morgan fingerprint density at radius 1 is 1.60 bits per heavy atom. The van der Waals surface area contributed by atoms with Crippen LogP contribution in [0, 0.1) is 5.92 Å². The maximum atomic E-state index is 10.9. The summed E-state index contributed by atoms with van der Waals surface area (Å²) in [7, 11) is 1.60. The van der Waals surface area contributed by atoms with Gasteiger partial charge in [0.15, 0.2) is 5.78 Å². The third-order valence-electron chi connectivity index (χ3n) is 1.11. The smallest absolute Gasteiger partial charge is 0.157 e. The molecule has 0 aromatic heterocycles. The maximum absolute atomic E-state index is 10.9. The van der Waals surface area contributed by atoms with Gasteiger partial charge in [-0.15, -0.1) is 0 Å². The summed E-state index contributed by atoms with van der Waals surface area (Å²) in [5.74, 6) is 0.241. The van der Waals surface area contributed by atoms with E-state index < -0.39 is 0 Å². The van der Waals surface area contributed by atoms with Gasteiger partial charge in [0, 0.05) is 13.0 Å². The van der Waals surface area contributed by atoms with E-state index in [0.29, 0.717) is 6.61 Å². The van der Waals surface area contributed by atoms with Gasteiger partial charge in [-0.25, -0.2) is 0 Å². The van der Waals surface area contributed by atoms with Crippen molar-refractivity contribution in [2.75, 3.05) is 13.7 Å². The Morgan fingerprint density at radius 2 is 2.20 bits per heavy atom. The maximum Gasteiger partial charge on any atom is 0.157 e. The zero-order valence-electron chi connectivity index (χ0n) is 6.76. The molecule has 2 nitrogen and oxygen atoms in total. The zero-order valence-corrected chi connectivity index (χ0v) is 6.76. The molecule has 0 rings (SSSR count). The number of ether oxygens (including phenoxy) is 1. The van der Waals surface area contributed by atoms with E-state index in [9.17, 15) is 4.79 Å². The Balaban J connectivity index is 3.56. The third-order valence-corrected chi connectivity index (χ3v) is 1.11. The van der Waals surface area contributed by atoms with Gasteiger partial charge in [-0.05, 0) is 6.08 Å². The molecule has 0 aromatic carbocycles. The SMILES string of the molecule is COC/C=C/C(=O)C(C)C. The number of rotatable bonds is 4. The highest BCUT2D eigenvalue weighted by molar-refractivity contribution is 5.91. The predicted molar refractivity (Wildman–Crippen MR) is 40.9 cm³/mol. The van der Waals surface area contributed by atoms with Crippen molar-refractivity contribution in [3.63, 3.8) is 0 Å². The van der Waals surface area contributed by atoms with Crippen molar-refractivity contribution in [2.24, 2.45) is 5.92 Å². The molecular weight excluding hydrogens is 128 g/mol. The standard InChI is InChI=1S/C8H14O2/c1-7(2)8(9)5-4-6-10-3/h4-5,7H,6H2,1-3H3/b5-4+. The highest BCUT2D eigenvalue weighted by Gasteiger charge is 1.99. The topological polar surface area (TPSA) is 26.3 Å². The molecule has 0 atom stereocenters. The molecule has 0 N–H and O–H groups in total. The molecule has 0 spiro atoms. The Bertz CT molecular complexity index is 125. The van der Waals surface area contributed by atoms with E-state index in [-0.39, 0.29) is 11.7 Å².